The first kappa shape index (κ1) is 23.5. The van der Waals surface area contributed by atoms with Gasteiger partial charge in [0.15, 0.2) is 17.5 Å². The van der Waals surface area contributed by atoms with Crippen molar-refractivity contribution < 1.29 is 33.0 Å². The van der Waals surface area contributed by atoms with E-state index in [0.29, 0.717) is 0 Å². The predicted octanol–water partition coefficient (Wildman–Crippen LogP) is 1.25. The molecule has 0 aromatic carbocycles. The van der Waals surface area contributed by atoms with Crippen molar-refractivity contribution in [2.24, 2.45) is 0 Å². The lowest BCUT2D eigenvalue weighted by Crippen LogP contribution is -2.63. The number of aliphatic hydroxyl groups excluding tert-OH is 1. The standard InChI is InChI=1S/C20H24F2N4O6/c1-19(2,3)32-16(29)15(28)20(4)17(30)24(9-10-31-20)13-7-8-26(23-13)12-5-6-14(27)25(11-12)18(21)22/h5-8,11,15,18,28H,9-10H2,1-4H3/t15-,20+/m0/s1. The van der Waals surface area contributed by atoms with Crippen LogP contribution in [-0.2, 0) is 19.1 Å². The highest BCUT2D eigenvalue weighted by molar-refractivity contribution is 6.02. The van der Waals surface area contributed by atoms with E-state index >= 15 is 0 Å². The molecule has 0 aliphatic carbocycles. The largest absolute Gasteiger partial charge is 0.458 e. The molecule has 1 aliphatic heterocycles. The molecule has 10 nitrogen and oxygen atoms in total. The lowest BCUT2D eigenvalue weighted by Gasteiger charge is -2.40. The molecule has 3 heterocycles. The Morgan fingerprint density at radius 2 is 1.97 bits per heavy atom. The molecule has 1 N–H and O–H groups in total. The first-order valence-corrected chi connectivity index (χ1v) is 9.77. The molecular formula is C20H24F2N4O6. The number of amides is 1. The van der Waals surface area contributed by atoms with Crippen LogP contribution in [0.3, 0.4) is 0 Å². The molecule has 1 saturated heterocycles. The Morgan fingerprint density at radius 1 is 1.28 bits per heavy atom. The summed E-state index contributed by atoms with van der Waals surface area (Å²) in [5.74, 6) is -1.57. The van der Waals surface area contributed by atoms with E-state index < -0.39 is 41.3 Å². The average molecular weight is 454 g/mol. The highest BCUT2D eigenvalue weighted by Gasteiger charge is 2.52. The van der Waals surface area contributed by atoms with Crippen molar-refractivity contribution in [1.29, 1.82) is 0 Å². The second kappa shape index (κ2) is 8.43. The van der Waals surface area contributed by atoms with Gasteiger partial charge in [-0.3, -0.25) is 19.1 Å². The Bertz CT molecular complexity index is 1080. The number of esters is 1. The van der Waals surface area contributed by atoms with E-state index in [1.807, 2.05) is 0 Å². The second-order valence-electron chi connectivity index (χ2n) is 8.38. The van der Waals surface area contributed by atoms with Gasteiger partial charge in [0.1, 0.15) is 5.60 Å². The number of pyridine rings is 1. The van der Waals surface area contributed by atoms with Gasteiger partial charge in [0, 0.05) is 24.5 Å². The Kier molecular flexibility index (Phi) is 6.20. The maximum atomic E-state index is 13.1. The van der Waals surface area contributed by atoms with Gasteiger partial charge in [0.05, 0.1) is 18.8 Å². The zero-order chi connectivity index (χ0) is 23.8. The van der Waals surface area contributed by atoms with E-state index in [0.717, 1.165) is 12.3 Å². The molecule has 0 bridgehead atoms. The van der Waals surface area contributed by atoms with Crippen LogP contribution < -0.4 is 10.5 Å². The van der Waals surface area contributed by atoms with Crippen molar-refractivity contribution in [1.82, 2.24) is 14.3 Å². The number of rotatable bonds is 5. The van der Waals surface area contributed by atoms with Crippen molar-refractivity contribution in [3.05, 3.63) is 40.9 Å². The van der Waals surface area contributed by atoms with E-state index in [9.17, 15) is 28.3 Å². The third kappa shape index (κ3) is 4.55. The quantitative estimate of drug-likeness (QED) is 0.676. The van der Waals surface area contributed by atoms with E-state index in [1.54, 1.807) is 20.8 Å². The molecule has 0 spiro atoms. The highest BCUT2D eigenvalue weighted by Crippen LogP contribution is 2.28. The summed E-state index contributed by atoms with van der Waals surface area (Å²) in [6, 6.07) is 3.76. The molecule has 0 radical (unpaired) electrons. The van der Waals surface area contributed by atoms with Gasteiger partial charge in [-0.15, -0.1) is 5.10 Å². The molecule has 1 fully saturated rings. The van der Waals surface area contributed by atoms with Crippen LogP contribution in [0.5, 0.6) is 0 Å². The molecule has 1 amide bonds. The van der Waals surface area contributed by atoms with E-state index in [4.69, 9.17) is 9.47 Å². The molecule has 0 saturated carbocycles. The minimum atomic E-state index is -3.02. The summed E-state index contributed by atoms with van der Waals surface area (Å²) in [6.07, 6.45) is 0.491. The summed E-state index contributed by atoms with van der Waals surface area (Å²) in [7, 11) is 0. The minimum absolute atomic E-state index is 0.00518. The summed E-state index contributed by atoms with van der Waals surface area (Å²) in [4.78, 5) is 38.2. The fourth-order valence-corrected chi connectivity index (χ4v) is 3.16. The third-order valence-electron chi connectivity index (χ3n) is 4.79. The van der Waals surface area contributed by atoms with E-state index in [2.05, 4.69) is 5.10 Å². The van der Waals surface area contributed by atoms with Crippen LogP contribution in [0.4, 0.5) is 14.6 Å². The van der Waals surface area contributed by atoms with Gasteiger partial charge in [0.2, 0.25) is 0 Å². The molecule has 0 unspecified atom stereocenters. The lowest BCUT2D eigenvalue weighted by molar-refractivity contribution is -0.191. The average Bonchev–Trinajstić information content (AvgIpc) is 3.18. The molecular weight excluding hydrogens is 430 g/mol. The second-order valence-corrected chi connectivity index (χ2v) is 8.38. The molecule has 2 aromatic heterocycles. The van der Waals surface area contributed by atoms with Crippen molar-refractivity contribution in [3.63, 3.8) is 0 Å². The predicted molar refractivity (Wildman–Crippen MR) is 108 cm³/mol. The number of anilines is 1. The van der Waals surface area contributed by atoms with E-state index in [1.165, 1.54) is 34.8 Å². The maximum absolute atomic E-state index is 13.1. The number of hydrogen-bond acceptors (Lipinski definition) is 7. The molecule has 32 heavy (non-hydrogen) atoms. The Hall–Kier alpha value is -3.12. The monoisotopic (exact) mass is 454 g/mol. The highest BCUT2D eigenvalue weighted by atomic mass is 19.3. The summed E-state index contributed by atoms with van der Waals surface area (Å²) in [5, 5.41) is 14.7. The zero-order valence-corrected chi connectivity index (χ0v) is 18.0. The topological polar surface area (TPSA) is 116 Å². The molecule has 12 heteroatoms. The van der Waals surface area contributed by atoms with Crippen molar-refractivity contribution >= 4 is 17.7 Å². The maximum Gasteiger partial charge on any atom is 0.339 e. The number of carbonyl (C=O) groups is 2. The van der Waals surface area contributed by atoms with Crippen LogP contribution in [0.25, 0.3) is 5.69 Å². The summed E-state index contributed by atoms with van der Waals surface area (Å²) < 4.78 is 38.1. The van der Waals surface area contributed by atoms with Gasteiger partial charge in [0.25, 0.3) is 11.5 Å². The number of morpholine rings is 1. The number of hydrogen-bond donors (Lipinski definition) is 1. The number of aromatic nitrogens is 3. The Morgan fingerprint density at radius 3 is 2.59 bits per heavy atom. The van der Waals surface area contributed by atoms with Crippen molar-refractivity contribution in [2.45, 2.75) is 51.6 Å². The fraction of sp³-hybridized carbons (Fsp3) is 0.500. The Balaban J connectivity index is 1.86. The minimum Gasteiger partial charge on any atom is -0.458 e. The number of halogens is 2. The molecule has 1 aliphatic rings. The zero-order valence-electron chi connectivity index (χ0n) is 18.0. The van der Waals surface area contributed by atoms with Crippen molar-refractivity contribution in [2.75, 3.05) is 18.1 Å². The summed E-state index contributed by atoms with van der Waals surface area (Å²) in [6.45, 7) is 3.23. The smallest absolute Gasteiger partial charge is 0.339 e. The summed E-state index contributed by atoms with van der Waals surface area (Å²) in [5.41, 5.74) is -3.48. The van der Waals surface area contributed by atoms with Crippen LogP contribution >= 0.6 is 0 Å². The van der Waals surface area contributed by atoms with Gasteiger partial charge in [-0.1, -0.05) is 0 Å². The molecule has 2 aromatic rings. The number of aliphatic hydroxyl groups is 1. The summed E-state index contributed by atoms with van der Waals surface area (Å²) >= 11 is 0. The van der Waals surface area contributed by atoms with Gasteiger partial charge in [-0.2, -0.15) is 8.78 Å². The van der Waals surface area contributed by atoms with Crippen molar-refractivity contribution in [3.8, 4) is 5.69 Å². The SMILES string of the molecule is CC(C)(C)OC(=O)[C@H](O)[C@@]1(C)OCCN(c2ccn(-c3ccc(=O)n(C(F)F)c3)n2)C1=O. The van der Waals surface area contributed by atoms with Gasteiger partial charge in [-0.05, 0) is 33.8 Å². The number of nitrogens with zero attached hydrogens (tertiary/aromatic N) is 4. The lowest BCUT2D eigenvalue weighted by atomic mass is 9.95. The van der Waals surface area contributed by atoms with Gasteiger partial charge >= 0.3 is 12.5 Å². The van der Waals surface area contributed by atoms with Crippen LogP contribution in [0.2, 0.25) is 0 Å². The van der Waals surface area contributed by atoms with Gasteiger partial charge in [-0.25, -0.2) is 9.48 Å². The van der Waals surface area contributed by atoms with Crippen LogP contribution in [0.1, 0.15) is 34.2 Å². The van der Waals surface area contributed by atoms with Crippen LogP contribution in [0, 0.1) is 0 Å². The first-order valence-electron chi connectivity index (χ1n) is 9.77. The number of alkyl halides is 2. The molecule has 3 rings (SSSR count). The number of ether oxygens (including phenoxy) is 2. The third-order valence-corrected chi connectivity index (χ3v) is 4.79. The fourth-order valence-electron chi connectivity index (χ4n) is 3.16. The van der Waals surface area contributed by atoms with Crippen LogP contribution in [0.15, 0.2) is 35.4 Å². The first-order chi connectivity index (χ1) is 14.8. The molecule has 174 valence electrons. The number of carbonyl (C=O) groups excluding carboxylic acids is 2. The molecule has 2 atom stereocenters. The van der Waals surface area contributed by atoms with Gasteiger partial charge < -0.3 is 14.6 Å². The van der Waals surface area contributed by atoms with Crippen LogP contribution in [-0.4, -0.2) is 61.8 Å². The van der Waals surface area contributed by atoms with E-state index in [-0.39, 0.29) is 29.2 Å². The Labute approximate surface area is 181 Å². The normalized spacial score (nSPS) is 20.5.